The maximum absolute atomic E-state index is 12.2. The quantitative estimate of drug-likeness (QED) is 0.492. The van der Waals surface area contributed by atoms with E-state index in [0.29, 0.717) is 23.1 Å². The summed E-state index contributed by atoms with van der Waals surface area (Å²) in [6.45, 7) is 4.37. The van der Waals surface area contributed by atoms with Crippen LogP contribution in [0.2, 0.25) is 0 Å². The van der Waals surface area contributed by atoms with Crippen molar-refractivity contribution in [3.05, 3.63) is 35.3 Å². The lowest BCUT2D eigenvalue weighted by atomic mass is 10.1. The molecule has 3 aromatic rings. The molecule has 2 heterocycles. The zero-order valence-electron chi connectivity index (χ0n) is 12.3. The second-order valence-electron chi connectivity index (χ2n) is 4.93. The molecule has 7 nitrogen and oxygen atoms in total. The maximum atomic E-state index is 12.2. The zero-order chi connectivity index (χ0) is 15.5. The molecule has 3 rings (SSSR count). The van der Waals surface area contributed by atoms with E-state index in [-0.39, 0.29) is 5.91 Å². The standard InChI is InChI=1S/C14H16N6OS/c1-8-3-4-11-10(7-8)12(19-18-11)13(21)15-5-6-22-14-16-9(2)17-20-14/h3-4,7H,5-6H2,1-2H3,(H,15,21)(H,18,19)(H,16,17,20). The number of carbonyl (C=O) groups excluding carboxylic acids is 1. The molecule has 1 aromatic carbocycles. The van der Waals surface area contributed by atoms with Crippen LogP contribution in [0.3, 0.4) is 0 Å². The first-order chi connectivity index (χ1) is 10.6. The number of H-pyrrole nitrogens is 2. The molecule has 0 bridgehead atoms. The third kappa shape index (κ3) is 3.11. The Morgan fingerprint density at radius 3 is 2.91 bits per heavy atom. The van der Waals surface area contributed by atoms with Gasteiger partial charge < -0.3 is 5.32 Å². The highest BCUT2D eigenvalue weighted by molar-refractivity contribution is 7.99. The molecule has 0 saturated carbocycles. The van der Waals surface area contributed by atoms with E-state index in [9.17, 15) is 4.79 Å². The monoisotopic (exact) mass is 316 g/mol. The minimum atomic E-state index is -0.177. The van der Waals surface area contributed by atoms with Crippen LogP contribution in [0.25, 0.3) is 10.9 Å². The fraction of sp³-hybridized carbons (Fsp3) is 0.286. The van der Waals surface area contributed by atoms with Crippen LogP contribution in [0.15, 0.2) is 23.4 Å². The van der Waals surface area contributed by atoms with Crippen LogP contribution in [0.5, 0.6) is 0 Å². The lowest BCUT2D eigenvalue weighted by Gasteiger charge is -2.02. The van der Waals surface area contributed by atoms with Crippen LogP contribution in [-0.4, -0.2) is 43.6 Å². The number of nitrogens with zero attached hydrogens (tertiary/aromatic N) is 3. The first-order valence-corrected chi connectivity index (χ1v) is 7.87. The molecule has 2 aromatic heterocycles. The minimum Gasteiger partial charge on any atom is -0.350 e. The number of fused-ring (bicyclic) bond motifs is 1. The molecule has 8 heteroatoms. The van der Waals surface area contributed by atoms with Crippen molar-refractivity contribution in [2.45, 2.75) is 19.0 Å². The van der Waals surface area contributed by atoms with Crippen LogP contribution in [0.4, 0.5) is 0 Å². The molecule has 0 spiro atoms. The van der Waals surface area contributed by atoms with Gasteiger partial charge in [-0.15, -0.1) is 5.10 Å². The number of aryl methyl sites for hydroxylation is 2. The molecule has 0 unspecified atom stereocenters. The molecule has 22 heavy (non-hydrogen) atoms. The molecule has 0 radical (unpaired) electrons. The van der Waals surface area contributed by atoms with E-state index in [0.717, 1.165) is 22.3 Å². The van der Waals surface area contributed by atoms with E-state index in [4.69, 9.17) is 0 Å². The molecule has 0 atom stereocenters. The number of nitrogens with one attached hydrogen (secondary N) is 3. The van der Waals surface area contributed by atoms with Gasteiger partial charge in [-0.3, -0.25) is 15.0 Å². The molecule has 114 valence electrons. The molecular formula is C14H16N6OS. The fourth-order valence-corrected chi connectivity index (χ4v) is 2.78. The van der Waals surface area contributed by atoms with Crippen LogP contribution in [0, 0.1) is 13.8 Å². The molecule has 0 fully saturated rings. The van der Waals surface area contributed by atoms with Gasteiger partial charge in [0.2, 0.25) is 5.16 Å². The van der Waals surface area contributed by atoms with E-state index in [1.807, 2.05) is 32.0 Å². The number of rotatable bonds is 5. The molecule has 0 aliphatic carbocycles. The van der Waals surface area contributed by atoms with E-state index >= 15 is 0 Å². The molecule has 0 aliphatic heterocycles. The van der Waals surface area contributed by atoms with Gasteiger partial charge in [0.25, 0.3) is 5.91 Å². The van der Waals surface area contributed by atoms with Gasteiger partial charge in [-0.2, -0.15) is 5.10 Å². The summed E-state index contributed by atoms with van der Waals surface area (Å²) in [7, 11) is 0. The van der Waals surface area contributed by atoms with Gasteiger partial charge in [0.1, 0.15) is 5.82 Å². The van der Waals surface area contributed by atoms with Crippen molar-refractivity contribution >= 4 is 28.6 Å². The van der Waals surface area contributed by atoms with Gasteiger partial charge in [-0.05, 0) is 26.0 Å². The molecule has 0 saturated heterocycles. The summed E-state index contributed by atoms with van der Waals surface area (Å²) >= 11 is 1.49. The van der Waals surface area contributed by atoms with Crippen molar-refractivity contribution < 1.29 is 4.79 Å². The third-order valence-electron chi connectivity index (χ3n) is 3.13. The minimum absolute atomic E-state index is 0.177. The van der Waals surface area contributed by atoms with E-state index in [1.165, 1.54) is 11.8 Å². The molecular weight excluding hydrogens is 300 g/mol. The van der Waals surface area contributed by atoms with Gasteiger partial charge >= 0.3 is 0 Å². The maximum Gasteiger partial charge on any atom is 0.272 e. The lowest BCUT2D eigenvalue weighted by Crippen LogP contribution is -2.26. The average molecular weight is 316 g/mol. The van der Waals surface area contributed by atoms with Crippen LogP contribution >= 0.6 is 11.8 Å². The first kappa shape index (κ1) is 14.6. The van der Waals surface area contributed by atoms with Gasteiger partial charge in [0.15, 0.2) is 5.69 Å². The zero-order valence-corrected chi connectivity index (χ0v) is 13.1. The largest absolute Gasteiger partial charge is 0.350 e. The van der Waals surface area contributed by atoms with E-state index in [2.05, 4.69) is 30.7 Å². The summed E-state index contributed by atoms with van der Waals surface area (Å²) < 4.78 is 0. The summed E-state index contributed by atoms with van der Waals surface area (Å²) in [5.41, 5.74) is 2.39. The van der Waals surface area contributed by atoms with Gasteiger partial charge in [0.05, 0.1) is 5.52 Å². The number of aromatic amines is 2. The van der Waals surface area contributed by atoms with Gasteiger partial charge in [0, 0.05) is 17.7 Å². The number of carbonyl (C=O) groups is 1. The molecule has 1 amide bonds. The Hall–Kier alpha value is -2.35. The van der Waals surface area contributed by atoms with Gasteiger partial charge in [-0.25, -0.2) is 4.98 Å². The number of benzene rings is 1. The number of amides is 1. The Kier molecular flexibility index (Phi) is 4.10. The summed E-state index contributed by atoms with van der Waals surface area (Å²) in [6.07, 6.45) is 0. The number of hydrogen-bond donors (Lipinski definition) is 3. The summed E-state index contributed by atoms with van der Waals surface area (Å²) in [5, 5.41) is 18.2. The Labute approximate surface area is 131 Å². The average Bonchev–Trinajstić information content (AvgIpc) is 3.09. The Morgan fingerprint density at radius 1 is 1.27 bits per heavy atom. The van der Waals surface area contributed by atoms with Crippen LogP contribution in [0.1, 0.15) is 21.9 Å². The van der Waals surface area contributed by atoms with Gasteiger partial charge in [-0.1, -0.05) is 23.4 Å². The third-order valence-corrected chi connectivity index (χ3v) is 3.98. The van der Waals surface area contributed by atoms with Crippen LogP contribution in [-0.2, 0) is 0 Å². The smallest absolute Gasteiger partial charge is 0.272 e. The predicted molar refractivity (Wildman–Crippen MR) is 85.0 cm³/mol. The number of hydrogen-bond acceptors (Lipinski definition) is 5. The lowest BCUT2D eigenvalue weighted by molar-refractivity contribution is 0.0953. The first-order valence-electron chi connectivity index (χ1n) is 6.88. The second kappa shape index (κ2) is 6.18. The normalized spacial score (nSPS) is 11.0. The summed E-state index contributed by atoms with van der Waals surface area (Å²) in [6, 6.07) is 5.87. The Bertz CT molecular complexity index is 809. The highest BCUT2D eigenvalue weighted by Gasteiger charge is 2.13. The fourth-order valence-electron chi connectivity index (χ4n) is 2.08. The van der Waals surface area contributed by atoms with Crippen molar-refractivity contribution in [3.8, 4) is 0 Å². The van der Waals surface area contributed by atoms with Crippen molar-refractivity contribution in [3.63, 3.8) is 0 Å². The van der Waals surface area contributed by atoms with Crippen molar-refractivity contribution in [2.24, 2.45) is 0 Å². The second-order valence-corrected chi connectivity index (χ2v) is 5.99. The van der Waals surface area contributed by atoms with E-state index in [1.54, 1.807) is 0 Å². The van der Waals surface area contributed by atoms with Crippen LogP contribution < -0.4 is 5.32 Å². The SMILES string of the molecule is Cc1ccc2[nH]nc(C(=O)NCCSc3n[nH]c(C)n3)c2c1. The Balaban J connectivity index is 1.58. The van der Waals surface area contributed by atoms with Crippen molar-refractivity contribution in [2.75, 3.05) is 12.3 Å². The molecule has 3 N–H and O–H groups in total. The Morgan fingerprint density at radius 2 is 2.14 bits per heavy atom. The summed E-state index contributed by atoms with van der Waals surface area (Å²) in [4.78, 5) is 16.4. The number of aromatic nitrogens is 5. The van der Waals surface area contributed by atoms with Crippen molar-refractivity contribution in [1.82, 2.24) is 30.7 Å². The highest BCUT2D eigenvalue weighted by Crippen LogP contribution is 2.17. The van der Waals surface area contributed by atoms with E-state index < -0.39 is 0 Å². The highest BCUT2D eigenvalue weighted by atomic mass is 32.2. The topological polar surface area (TPSA) is 99.4 Å². The summed E-state index contributed by atoms with van der Waals surface area (Å²) in [5.74, 6) is 1.30. The molecule has 0 aliphatic rings. The predicted octanol–water partition coefficient (Wildman–Crippen LogP) is 1.82. The number of thioether (sulfide) groups is 1. The van der Waals surface area contributed by atoms with Crippen molar-refractivity contribution in [1.29, 1.82) is 0 Å².